The van der Waals surface area contributed by atoms with Crippen molar-refractivity contribution in [2.45, 2.75) is 12.8 Å². The second-order valence-electron chi connectivity index (χ2n) is 3.98. The highest BCUT2D eigenvalue weighted by molar-refractivity contribution is 5.75. The average Bonchev–Trinajstić information content (AvgIpc) is 2.45. The van der Waals surface area contributed by atoms with Crippen LogP contribution in [0.2, 0.25) is 0 Å². The van der Waals surface area contributed by atoms with Gasteiger partial charge in [0.25, 0.3) is 0 Å². The molecule has 2 aromatic rings. The van der Waals surface area contributed by atoms with Crippen LogP contribution < -0.4 is 4.74 Å². The molecule has 0 fully saturated rings. The van der Waals surface area contributed by atoms with Gasteiger partial charge < -0.3 is 4.74 Å². The van der Waals surface area contributed by atoms with Crippen LogP contribution in [0.4, 0.5) is 13.2 Å². The van der Waals surface area contributed by atoms with Crippen LogP contribution >= 0.6 is 0 Å². The molecule has 1 aromatic heterocycles. The summed E-state index contributed by atoms with van der Waals surface area (Å²) >= 11 is 0. The van der Waals surface area contributed by atoms with Crippen LogP contribution in [0.3, 0.4) is 0 Å². The van der Waals surface area contributed by atoms with E-state index in [1.165, 1.54) is 12.3 Å². The van der Waals surface area contributed by atoms with E-state index in [1.54, 1.807) is 18.2 Å². The Balaban J connectivity index is 2.25. The maximum atomic E-state index is 12.9. The molecule has 0 spiro atoms. The van der Waals surface area contributed by atoms with Crippen molar-refractivity contribution in [3.63, 3.8) is 0 Å². The molecule has 2 rings (SSSR count). The summed E-state index contributed by atoms with van der Waals surface area (Å²) in [5.74, 6) is -0.325. The molecule has 0 bridgehead atoms. The third-order valence-corrected chi connectivity index (χ3v) is 2.55. The summed E-state index contributed by atoms with van der Waals surface area (Å²) < 4.78 is 43.8. The number of aldehydes is 1. The summed E-state index contributed by atoms with van der Waals surface area (Å²) in [7, 11) is 0. The Hall–Kier alpha value is -2.37. The van der Waals surface area contributed by atoms with E-state index < -0.39 is 11.7 Å². The van der Waals surface area contributed by atoms with Gasteiger partial charge in [0.2, 0.25) is 0 Å². The highest BCUT2D eigenvalue weighted by Crippen LogP contribution is 2.36. The third kappa shape index (κ3) is 3.34. The number of carbonyl (C=O) groups excluding carboxylic acids is 1. The number of nitrogens with zero attached hydrogens (tertiary/aromatic N) is 1. The van der Waals surface area contributed by atoms with Crippen molar-refractivity contribution < 1.29 is 22.7 Å². The monoisotopic (exact) mass is 281 g/mol. The molecule has 0 aliphatic heterocycles. The number of ether oxygens (including phenoxy) is 1. The van der Waals surface area contributed by atoms with Crippen LogP contribution in [0.1, 0.15) is 21.6 Å². The minimum Gasteiger partial charge on any atom is -0.487 e. The zero-order valence-electron chi connectivity index (χ0n) is 10.2. The Morgan fingerprint density at radius 1 is 1.20 bits per heavy atom. The smallest absolute Gasteiger partial charge is 0.419 e. The topological polar surface area (TPSA) is 39.2 Å². The lowest BCUT2D eigenvalue weighted by molar-refractivity contribution is -0.139. The Bertz CT molecular complexity index is 597. The SMILES string of the molecule is O=Cc1ccc(OCc2ccccn2)c(C(F)(F)F)c1. The van der Waals surface area contributed by atoms with Gasteiger partial charge in [0.1, 0.15) is 18.6 Å². The van der Waals surface area contributed by atoms with Gasteiger partial charge in [-0.25, -0.2) is 0 Å². The van der Waals surface area contributed by atoms with Crippen molar-refractivity contribution in [2.24, 2.45) is 0 Å². The molecule has 0 saturated carbocycles. The molecule has 0 atom stereocenters. The van der Waals surface area contributed by atoms with Gasteiger partial charge in [-0.2, -0.15) is 13.2 Å². The zero-order chi connectivity index (χ0) is 14.6. The molecule has 0 unspecified atom stereocenters. The normalized spacial score (nSPS) is 11.2. The molecule has 0 aliphatic rings. The third-order valence-electron chi connectivity index (χ3n) is 2.55. The standard InChI is InChI=1S/C14H10F3NO2/c15-14(16,17)12-7-10(8-19)4-5-13(12)20-9-11-3-1-2-6-18-11/h1-8H,9H2. The Morgan fingerprint density at radius 2 is 2.00 bits per heavy atom. The fourth-order valence-corrected chi connectivity index (χ4v) is 1.60. The van der Waals surface area contributed by atoms with Crippen molar-refractivity contribution in [3.05, 3.63) is 59.4 Å². The minimum absolute atomic E-state index is 0.0532. The number of rotatable bonds is 4. The highest BCUT2D eigenvalue weighted by atomic mass is 19.4. The molecule has 0 radical (unpaired) electrons. The summed E-state index contributed by atoms with van der Waals surface area (Å²) in [5, 5.41) is 0. The van der Waals surface area contributed by atoms with Crippen molar-refractivity contribution in [1.29, 1.82) is 0 Å². The number of alkyl halides is 3. The fraction of sp³-hybridized carbons (Fsp3) is 0.143. The Kier molecular flexibility index (Phi) is 4.02. The first-order valence-electron chi connectivity index (χ1n) is 5.70. The van der Waals surface area contributed by atoms with Crippen LogP contribution in [0, 0.1) is 0 Å². The maximum absolute atomic E-state index is 12.9. The van der Waals surface area contributed by atoms with Crippen LogP contribution in [0.25, 0.3) is 0 Å². The molecule has 0 aliphatic carbocycles. The Labute approximate surface area is 113 Å². The summed E-state index contributed by atoms with van der Waals surface area (Å²) in [5.41, 5.74) is -0.513. The van der Waals surface area contributed by atoms with Crippen molar-refractivity contribution in [1.82, 2.24) is 4.98 Å². The molecule has 0 N–H and O–H groups in total. The summed E-state index contributed by atoms with van der Waals surface area (Å²) in [6.45, 7) is -0.0790. The molecule has 0 amide bonds. The van der Waals surface area contributed by atoms with Gasteiger partial charge in [-0.1, -0.05) is 6.07 Å². The highest BCUT2D eigenvalue weighted by Gasteiger charge is 2.34. The lowest BCUT2D eigenvalue weighted by atomic mass is 10.1. The van der Waals surface area contributed by atoms with Crippen molar-refractivity contribution in [2.75, 3.05) is 0 Å². The van der Waals surface area contributed by atoms with Crippen molar-refractivity contribution >= 4 is 6.29 Å². The number of benzene rings is 1. The van der Waals surface area contributed by atoms with Gasteiger partial charge in [0.15, 0.2) is 0 Å². The van der Waals surface area contributed by atoms with Gasteiger partial charge in [0.05, 0.1) is 11.3 Å². The number of hydrogen-bond donors (Lipinski definition) is 0. The van der Waals surface area contributed by atoms with Crippen molar-refractivity contribution in [3.8, 4) is 5.75 Å². The maximum Gasteiger partial charge on any atom is 0.419 e. The van der Waals surface area contributed by atoms with E-state index >= 15 is 0 Å². The molecular formula is C14H10F3NO2. The van der Waals surface area contributed by atoms with E-state index in [4.69, 9.17) is 4.74 Å². The minimum atomic E-state index is -4.58. The molecule has 20 heavy (non-hydrogen) atoms. The zero-order valence-corrected chi connectivity index (χ0v) is 10.2. The number of aromatic nitrogens is 1. The van der Waals surface area contributed by atoms with E-state index in [0.29, 0.717) is 12.0 Å². The summed E-state index contributed by atoms with van der Waals surface area (Å²) in [6, 6.07) is 8.23. The second-order valence-corrected chi connectivity index (χ2v) is 3.98. The molecule has 0 saturated heterocycles. The summed E-state index contributed by atoms with van der Waals surface area (Å²) in [4.78, 5) is 14.5. The van der Waals surface area contributed by atoms with E-state index in [1.807, 2.05) is 0 Å². The first-order valence-corrected chi connectivity index (χ1v) is 5.70. The predicted octanol–water partition coefficient (Wildman–Crippen LogP) is 3.49. The van der Waals surface area contributed by atoms with Crippen LogP contribution in [-0.2, 0) is 12.8 Å². The second kappa shape index (κ2) is 5.73. The van der Waals surface area contributed by atoms with Crippen LogP contribution in [-0.4, -0.2) is 11.3 Å². The number of hydrogen-bond acceptors (Lipinski definition) is 3. The molecule has 3 nitrogen and oxygen atoms in total. The van der Waals surface area contributed by atoms with E-state index in [2.05, 4.69) is 4.98 Å². The summed E-state index contributed by atoms with van der Waals surface area (Å²) in [6.07, 6.45) is -2.70. The first kappa shape index (κ1) is 14.0. The van der Waals surface area contributed by atoms with E-state index in [0.717, 1.165) is 12.1 Å². The molecular weight excluding hydrogens is 271 g/mol. The largest absolute Gasteiger partial charge is 0.487 e. The van der Waals surface area contributed by atoms with Gasteiger partial charge in [0, 0.05) is 11.8 Å². The van der Waals surface area contributed by atoms with Gasteiger partial charge in [-0.15, -0.1) is 0 Å². The predicted molar refractivity (Wildman–Crippen MR) is 65.4 cm³/mol. The lowest BCUT2D eigenvalue weighted by Crippen LogP contribution is -2.10. The van der Waals surface area contributed by atoms with Crippen LogP contribution in [0.5, 0.6) is 5.75 Å². The number of pyridine rings is 1. The number of carbonyl (C=O) groups is 1. The number of halogens is 3. The molecule has 1 aromatic carbocycles. The molecule has 104 valence electrons. The van der Waals surface area contributed by atoms with Gasteiger partial charge >= 0.3 is 6.18 Å². The molecule has 1 heterocycles. The lowest BCUT2D eigenvalue weighted by Gasteiger charge is -2.14. The quantitative estimate of drug-likeness (QED) is 0.805. The average molecular weight is 281 g/mol. The van der Waals surface area contributed by atoms with Gasteiger partial charge in [-0.3, -0.25) is 9.78 Å². The van der Waals surface area contributed by atoms with E-state index in [-0.39, 0.29) is 17.9 Å². The molecule has 6 heteroatoms. The fourth-order valence-electron chi connectivity index (χ4n) is 1.60. The first-order chi connectivity index (χ1) is 9.50. The van der Waals surface area contributed by atoms with E-state index in [9.17, 15) is 18.0 Å². The van der Waals surface area contributed by atoms with Crippen LogP contribution in [0.15, 0.2) is 42.6 Å². The Morgan fingerprint density at radius 3 is 2.60 bits per heavy atom. The van der Waals surface area contributed by atoms with Gasteiger partial charge in [-0.05, 0) is 30.3 Å².